The van der Waals surface area contributed by atoms with E-state index in [-0.39, 0.29) is 36.7 Å². The van der Waals surface area contributed by atoms with Gasteiger partial charge in [0.25, 0.3) is 0 Å². The molecule has 0 aliphatic carbocycles. The first-order chi connectivity index (χ1) is 21.1. The summed E-state index contributed by atoms with van der Waals surface area (Å²) in [5.41, 5.74) is 3.15. The van der Waals surface area contributed by atoms with Crippen LogP contribution in [0, 0.1) is 5.82 Å². The Hall–Kier alpha value is -3.46. The van der Waals surface area contributed by atoms with Crippen LogP contribution in [0.3, 0.4) is 0 Å². The van der Waals surface area contributed by atoms with E-state index >= 15 is 0 Å². The molecule has 3 aliphatic rings. The van der Waals surface area contributed by atoms with Gasteiger partial charge < -0.3 is 39.3 Å². The number of aliphatic hydroxyl groups is 1. The van der Waals surface area contributed by atoms with Crippen molar-refractivity contribution >= 4 is 23.1 Å². The van der Waals surface area contributed by atoms with Gasteiger partial charge in [-0.1, -0.05) is 26.0 Å². The fraction of sp³-hybridized carbons (Fsp3) is 0.533. The van der Waals surface area contributed by atoms with Crippen molar-refractivity contribution in [3.8, 4) is 17.1 Å². The minimum absolute atomic E-state index is 0.225. The van der Waals surface area contributed by atoms with Crippen LogP contribution in [0.2, 0.25) is 0 Å². The number of carbonyl (C=O) groups excluding carboxylic acids is 1. The fourth-order valence-electron chi connectivity index (χ4n) is 5.37. The molecule has 3 aromatic rings. The Kier molecular flexibility index (Phi) is 11.4. The molecule has 3 fully saturated rings. The van der Waals surface area contributed by atoms with Crippen molar-refractivity contribution < 1.29 is 46.4 Å². The third-order valence-corrected chi connectivity index (χ3v) is 7.40. The second kappa shape index (κ2) is 15.0. The van der Waals surface area contributed by atoms with E-state index in [1.54, 1.807) is 6.07 Å². The average molecular weight is 627 g/mol. The largest absolute Gasteiger partial charge is 0.470 e. The Labute approximate surface area is 252 Å². The zero-order valence-electron chi connectivity index (χ0n) is 24.8. The molecule has 0 bridgehead atoms. The molecule has 6 rings (SSSR count). The second-order valence-electron chi connectivity index (χ2n) is 10.3. The first kappa shape index (κ1) is 33.4. The van der Waals surface area contributed by atoms with Gasteiger partial charge in [0.15, 0.2) is 17.8 Å². The predicted octanol–water partition coefficient (Wildman–Crippen LogP) is 4.21. The standard InChI is InChI=1S/C25H27FN4O5.C3H5F3O.C2H6/c26-17-9-18-19(10-22(28-18)35-21-12-34-24-20(32)11-33-25(21)24)29-23(17)14-1-3-16(4-2-14)30-7-5-15(6-8-30)27-13-31;1-7-2-3(4,5)6;1-2/h1-4,9-10,13,15,20-21,24-25,28,32H,5-8,11-12H2,(H,27,31);2H2,1H3;1-2H3/t20-,21-,24?,25-;;/m1../s1. The molecule has 4 atom stereocenters. The highest BCUT2D eigenvalue weighted by Gasteiger charge is 2.48. The number of aliphatic hydroxyl groups excluding tert-OH is 1. The number of aromatic nitrogens is 2. The summed E-state index contributed by atoms with van der Waals surface area (Å²) in [6.07, 6.45) is -3.33. The molecule has 5 heterocycles. The number of nitrogens with zero attached hydrogens (tertiary/aromatic N) is 2. The Balaban J connectivity index is 0.000000435. The summed E-state index contributed by atoms with van der Waals surface area (Å²) >= 11 is 0. The summed E-state index contributed by atoms with van der Waals surface area (Å²) in [5.74, 6) is 0.0250. The predicted molar refractivity (Wildman–Crippen MR) is 155 cm³/mol. The number of hydrogen-bond donors (Lipinski definition) is 3. The van der Waals surface area contributed by atoms with Gasteiger partial charge in [0.1, 0.15) is 30.6 Å². The van der Waals surface area contributed by atoms with Crippen molar-refractivity contribution in [2.24, 2.45) is 0 Å². The highest BCUT2D eigenvalue weighted by atomic mass is 19.4. The van der Waals surface area contributed by atoms with Crippen LogP contribution in [0.15, 0.2) is 36.4 Å². The number of aromatic amines is 1. The number of benzene rings is 1. The number of anilines is 1. The van der Waals surface area contributed by atoms with E-state index in [2.05, 4.69) is 24.9 Å². The number of nitrogens with one attached hydrogen (secondary N) is 2. The van der Waals surface area contributed by atoms with Gasteiger partial charge in [-0.15, -0.1) is 0 Å². The molecule has 1 aromatic carbocycles. The van der Waals surface area contributed by atoms with E-state index in [0.717, 1.165) is 45.1 Å². The third kappa shape index (κ3) is 8.17. The molecule has 1 unspecified atom stereocenters. The van der Waals surface area contributed by atoms with Crippen molar-refractivity contribution in [3.63, 3.8) is 0 Å². The molecule has 0 spiro atoms. The number of ether oxygens (including phenoxy) is 4. The Morgan fingerprint density at radius 3 is 2.41 bits per heavy atom. The fourth-order valence-corrected chi connectivity index (χ4v) is 5.37. The van der Waals surface area contributed by atoms with Crippen LogP contribution < -0.4 is 15.0 Å². The summed E-state index contributed by atoms with van der Waals surface area (Å²) in [7, 11) is 1.01. The average Bonchev–Trinajstić information content (AvgIpc) is 3.70. The molecule has 2 aromatic heterocycles. The summed E-state index contributed by atoms with van der Waals surface area (Å²) in [6, 6.07) is 11.1. The number of H-pyrrole nitrogens is 1. The summed E-state index contributed by atoms with van der Waals surface area (Å²) in [6.45, 7) is 5.09. The van der Waals surface area contributed by atoms with E-state index in [9.17, 15) is 27.5 Å². The highest BCUT2D eigenvalue weighted by Crippen LogP contribution is 2.32. The topological polar surface area (TPSA) is 118 Å². The molecule has 0 radical (unpaired) electrons. The Morgan fingerprint density at radius 2 is 1.80 bits per heavy atom. The first-order valence-electron chi connectivity index (χ1n) is 14.5. The summed E-state index contributed by atoms with van der Waals surface area (Å²) in [4.78, 5) is 20.5. The number of carbonyl (C=O) groups is 1. The minimum Gasteiger partial charge on any atom is -0.470 e. The Morgan fingerprint density at radius 1 is 1.11 bits per heavy atom. The number of fused-ring (bicyclic) bond motifs is 2. The molecule has 10 nitrogen and oxygen atoms in total. The number of halogens is 4. The van der Waals surface area contributed by atoms with Crippen molar-refractivity contribution in [1.82, 2.24) is 15.3 Å². The van der Waals surface area contributed by atoms with Crippen molar-refractivity contribution in [2.75, 3.05) is 44.9 Å². The molecule has 44 heavy (non-hydrogen) atoms. The molecular formula is C30H38F4N4O6. The molecule has 3 aliphatic heterocycles. The van der Waals surface area contributed by atoms with Gasteiger partial charge in [0.2, 0.25) is 6.41 Å². The van der Waals surface area contributed by atoms with Gasteiger partial charge in [0.05, 0.1) is 24.2 Å². The van der Waals surface area contributed by atoms with Gasteiger partial charge in [-0.3, -0.25) is 4.79 Å². The minimum atomic E-state index is -4.17. The maximum Gasteiger partial charge on any atom is 0.411 e. The van der Waals surface area contributed by atoms with Gasteiger partial charge in [0, 0.05) is 49.6 Å². The maximum atomic E-state index is 15.0. The number of hydrogen-bond acceptors (Lipinski definition) is 8. The van der Waals surface area contributed by atoms with Crippen LogP contribution in [0.4, 0.5) is 23.2 Å². The zero-order chi connectivity index (χ0) is 31.9. The number of amides is 1. The summed E-state index contributed by atoms with van der Waals surface area (Å²) in [5, 5.41) is 12.8. The number of rotatable bonds is 7. The highest BCUT2D eigenvalue weighted by molar-refractivity contribution is 5.81. The third-order valence-electron chi connectivity index (χ3n) is 7.40. The molecule has 242 valence electrons. The van der Waals surface area contributed by atoms with Crippen LogP contribution in [0.5, 0.6) is 5.88 Å². The number of piperidine rings is 1. The monoisotopic (exact) mass is 626 g/mol. The van der Waals surface area contributed by atoms with E-state index in [0.29, 0.717) is 29.1 Å². The maximum absolute atomic E-state index is 15.0. The van der Waals surface area contributed by atoms with Gasteiger partial charge >= 0.3 is 6.18 Å². The van der Waals surface area contributed by atoms with Crippen LogP contribution in [-0.4, -0.2) is 98.1 Å². The molecular weight excluding hydrogens is 588 g/mol. The lowest BCUT2D eigenvalue weighted by atomic mass is 10.0. The molecule has 3 saturated heterocycles. The SMILES string of the molecule is CC.COCC(F)(F)F.O=CNC1CCN(c2ccc(-c3nc4cc(O[C@@H]5COC6[C@H](O)CO[C@@H]65)[nH]c4cc3F)cc2)CC1. The smallest absolute Gasteiger partial charge is 0.411 e. The lowest BCUT2D eigenvalue weighted by Crippen LogP contribution is -2.42. The van der Waals surface area contributed by atoms with Crippen molar-refractivity contribution in [3.05, 3.63) is 42.2 Å². The van der Waals surface area contributed by atoms with E-state index in [4.69, 9.17) is 14.2 Å². The van der Waals surface area contributed by atoms with E-state index in [1.165, 1.54) is 6.07 Å². The van der Waals surface area contributed by atoms with E-state index < -0.39 is 24.7 Å². The molecule has 3 N–H and O–H groups in total. The van der Waals surface area contributed by atoms with Crippen LogP contribution in [-0.2, 0) is 19.0 Å². The van der Waals surface area contributed by atoms with Gasteiger partial charge in [-0.25, -0.2) is 9.37 Å². The first-order valence-corrected chi connectivity index (χ1v) is 14.5. The Bertz CT molecular complexity index is 1350. The molecule has 14 heteroatoms. The van der Waals surface area contributed by atoms with Crippen LogP contribution in [0.1, 0.15) is 26.7 Å². The van der Waals surface area contributed by atoms with Crippen LogP contribution in [0.25, 0.3) is 22.3 Å². The van der Waals surface area contributed by atoms with Crippen molar-refractivity contribution in [2.45, 2.75) is 63.3 Å². The summed E-state index contributed by atoms with van der Waals surface area (Å²) < 4.78 is 68.8. The normalized spacial score (nSPS) is 23.3. The van der Waals surface area contributed by atoms with E-state index in [1.807, 2.05) is 38.1 Å². The second-order valence-corrected chi connectivity index (χ2v) is 10.3. The number of methoxy groups -OCH3 is 1. The number of alkyl halides is 3. The van der Waals surface area contributed by atoms with Gasteiger partial charge in [-0.05, 0) is 25.0 Å². The lowest BCUT2D eigenvalue weighted by Gasteiger charge is -2.33. The van der Waals surface area contributed by atoms with Crippen LogP contribution >= 0.6 is 0 Å². The number of pyridine rings is 1. The van der Waals surface area contributed by atoms with Crippen molar-refractivity contribution in [1.29, 1.82) is 0 Å². The van der Waals surface area contributed by atoms with Gasteiger partial charge in [-0.2, -0.15) is 13.2 Å². The zero-order valence-corrected chi connectivity index (χ0v) is 24.8. The molecule has 1 amide bonds. The lowest BCUT2D eigenvalue weighted by molar-refractivity contribution is -0.167. The molecule has 0 saturated carbocycles. The quantitative estimate of drug-likeness (QED) is 0.264.